The molecule has 0 spiro atoms. The van der Waals surface area contributed by atoms with Crippen molar-refractivity contribution in [1.82, 2.24) is 0 Å². The molecule has 1 aromatic carbocycles. The van der Waals surface area contributed by atoms with Gasteiger partial charge >= 0.3 is 5.97 Å². The molecule has 2 aromatic rings. The highest BCUT2D eigenvalue weighted by atomic mass is 32.1. The van der Waals surface area contributed by atoms with Gasteiger partial charge in [-0.05, 0) is 42.2 Å². The number of carbonyl (C=O) groups is 3. The lowest BCUT2D eigenvalue weighted by atomic mass is 9.80. The van der Waals surface area contributed by atoms with E-state index >= 15 is 0 Å². The summed E-state index contributed by atoms with van der Waals surface area (Å²) in [5.41, 5.74) is -0.227. The first-order valence-electron chi connectivity index (χ1n) is 8.51. The molecule has 0 aliphatic rings. The summed E-state index contributed by atoms with van der Waals surface area (Å²) in [7, 11) is 0. The standard InChI is InChI=1S/C20H22FNO4S/c1-5-13-10-14(16(23)11-6-8-12(21)9-7-11)18(27-13)22-17(24)15(19(25)26)20(2,3)4/h6-10,15H,5H2,1-4H3,(H,22,24)(H,25,26). The average Bonchev–Trinajstić information content (AvgIpc) is 2.96. The number of aliphatic carboxylic acids is 1. The summed E-state index contributed by atoms with van der Waals surface area (Å²) < 4.78 is 13.1. The zero-order valence-corrected chi connectivity index (χ0v) is 16.4. The van der Waals surface area contributed by atoms with E-state index in [0.29, 0.717) is 11.4 Å². The molecule has 1 unspecified atom stereocenters. The van der Waals surface area contributed by atoms with Gasteiger partial charge in [-0.3, -0.25) is 14.4 Å². The number of rotatable bonds is 6. The predicted molar refractivity (Wildman–Crippen MR) is 103 cm³/mol. The molecule has 0 radical (unpaired) electrons. The number of benzene rings is 1. The molecule has 0 saturated heterocycles. The molecular weight excluding hydrogens is 369 g/mol. The molecule has 0 bridgehead atoms. The van der Waals surface area contributed by atoms with Crippen LogP contribution in [0.4, 0.5) is 9.39 Å². The molecule has 7 heteroatoms. The highest BCUT2D eigenvalue weighted by Gasteiger charge is 2.38. The van der Waals surface area contributed by atoms with E-state index in [9.17, 15) is 23.9 Å². The van der Waals surface area contributed by atoms with E-state index in [1.165, 1.54) is 35.6 Å². The normalized spacial score (nSPS) is 12.5. The van der Waals surface area contributed by atoms with Gasteiger partial charge in [0.2, 0.25) is 5.91 Å². The molecule has 144 valence electrons. The highest BCUT2D eigenvalue weighted by molar-refractivity contribution is 7.16. The number of amides is 1. The van der Waals surface area contributed by atoms with Crippen LogP contribution in [0.2, 0.25) is 0 Å². The van der Waals surface area contributed by atoms with Gasteiger partial charge in [-0.1, -0.05) is 27.7 Å². The van der Waals surface area contributed by atoms with Gasteiger partial charge in [0.25, 0.3) is 0 Å². The first-order chi connectivity index (χ1) is 12.5. The number of hydrogen-bond acceptors (Lipinski definition) is 4. The summed E-state index contributed by atoms with van der Waals surface area (Å²) in [6.45, 7) is 6.92. The van der Waals surface area contributed by atoms with Gasteiger partial charge in [0.15, 0.2) is 5.78 Å². The molecule has 0 aliphatic carbocycles. The fourth-order valence-corrected chi connectivity index (χ4v) is 3.69. The number of anilines is 1. The third-order valence-corrected chi connectivity index (χ3v) is 5.29. The molecule has 1 heterocycles. The quantitative estimate of drug-likeness (QED) is 0.566. The molecule has 1 amide bonds. The number of carboxylic acids is 1. The van der Waals surface area contributed by atoms with Crippen LogP contribution in [0.1, 0.15) is 48.5 Å². The van der Waals surface area contributed by atoms with Crippen LogP contribution < -0.4 is 5.32 Å². The van der Waals surface area contributed by atoms with Crippen molar-refractivity contribution in [3.05, 3.63) is 52.2 Å². The van der Waals surface area contributed by atoms with Crippen molar-refractivity contribution in [2.75, 3.05) is 5.32 Å². The summed E-state index contributed by atoms with van der Waals surface area (Å²) in [6.07, 6.45) is 0.659. The minimum absolute atomic E-state index is 0.273. The topological polar surface area (TPSA) is 83.5 Å². The van der Waals surface area contributed by atoms with Gasteiger partial charge in [0.05, 0.1) is 5.56 Å². The monoisotopic (exact) mass is 391 g/mol. The van der Waals surface area contributed by atoms with Crippen molar-refractivity contribution in [3.63, 3.8) is 0 Å². The maximum atomic E-state index is 13.1. The van der Waals surface area contributed by atoms with Crippen molar-refractivity contribution in [3.8, 4) is 0 Å². The number of ketones is 1. The fraction of sp³-hybridized carbons (Fsp3) is 0.350. The van der Waals surface area contributed by atoms with Gasteiger partial charge in [-0.2, -0.15) is 0 Å². The summed E-state index contributed by atoms with van der Waals surface area (Å²) >= 11 is 1.23. The number of carbonyl (C=O) groups excluding carboxylic acids is 2. The molecule has 0 fully saturated rings. The lowest BCUT2D eigenvalue weighted by Crippen LogP contribution is -2.39. The van der Waals surface area contributed by atoms with Gasteiger partial charge in [-0.25, -0.2) is 4.39 Å². The average molecular weight is 391 g/mol. The second-order valence-corrected chi connectivity index (χ2v) is 8.41. The fourth-order valence-electron chi connectivity index (χ4n) is 2.69. The molecule has 2 N–H and O–H groups in total. The Morgan fingerprint density at radius 3 is 2.26 bits per heavy atom. The highest BCUT2D eigenvalue weighted by Crippen LogP contribution is 2.33. The minimum Gasteiger partial charge on any atom is -0.481 e. The summed E-state index contributed by atoms with van der Waals surface area (Å²) in [5, 5.41) is 12.4. The van der Waals surface area contributed by atoms with E-state index in [1.807, 2.05) is 6.92 Å². The second-order valence-electron chi connectivity index (χ2n) is 7.27. The number of halogens is 1. The van der Waals surface area contributed by atoms with Crippen molar-refractivity contribution in [2.24, 2.45) is 11.3 Å². The molecular formula is C20H22FNO4S. The Labute approximate surface area is 161 Å². The third kappa shape index (κ3) is 4.80. The van der Waals surface area contributed by atoms with Crippen molar-refractivity contribution < 1.29 is 23.9 Å². The molecule has 0 saturated carbocycles. The minimum atomic E-state index is -1.27. The number of hydrogen-bond donors (Lipinski definition) is 2. The Balaban J connectivity index is 2.38. The summed E-state index contributed by atoms with van der Waals surface area (Å²) in [4.78, 5) is 37.8. The van der Waals surface area contributed by atoms with Crippen LogP contribution in [0, 0.1) is 17.2 Å². The summed E-state index contributed by atoms with van der Waals surface area (Å²) in [5.74, 6) is -3.97. The Morgan fingerprint density at radius 2 is 1.78 bits per heavy atom. The Kier molecular flexibility index (Phi) is 6.15. The van der Waals surface area contributed by atoms with E-state index in [-0.39, 0.29) is 16.9 Å². The lowest BCUT2D eigenvalue weighted by molar-refractivity contribution is -0.149. The smallest absolute Gasteiger partial charge is 0.316 e. The van der Waals surface area contributed by atoms with E-state index in [1.54, 1.807) is 26.8 Å². The van der Waals surface area contributed by atoms with Crippen LogP contribution in [0.5, 0.6) is 0 Å². The first kappa shape index (κ1) is 20.8. The second kappa shape index (κ2) is 8.00. The largest absolute Gasteiger partial charge is 0.481 e. The molecule has 27 heavy (non-hydrogen) atoms. The van der Waals surface area contributed by atoms with Gasteiger partial charge < -0.3 is 10.4 Å². The molecule has 5 nitrogen and oxygen atoms in total. The lowest BCUT2D eigenvalue weighted by Gasteiger charge is -2.25. The van der Waals surface area contributed by atoms with Gasteiger partial charge in [-0.15, -0.1) is 11.3 Å². The van der Waals surface area contributed by atoms with E-state index in [4.69, 9.17) is 0 Å². The Bertz CT molecular complexity index is 865. The third-order valence-electron chi connectivity index (χ3n) is 4.09. The number of nitrogens with one attached hydrogen (secondary N) is 1. The van der Waals surface area contributed by atoms with Crippen molar-refractivity contribution >= 4 is 34.0 Å². The Hall–Kier alpha value is -2.54. The Morgan fingerprint density at radius 1 is 1.19 bits per heavy atom. The van der Waals surface area contributed by atoms with E-state index in [2.05, 4.69) is 5.32 Å². The first-order valence-corrected chi connectivity index (χ1v) is 9.33. The van der Waals surface area contributed by atoms with Crippen molar-refractivity contribution in [1.29, 1.82) is 0 Å². The maximum absolute atomic E-state index is 13.1. The van der Waals surface area contributed by atoms with Gasteiger partial charge in [0.1, 0.15) is 16.7 Å². The molecule has 2 rings (SSSR count). The summed E-state index contributed by atoms with van der Waals surface area (Å²) in [6, 6.07) is 6.82. The number of aryl methyl sites for hydroxylation is 1. The number of carboxylic acid groups (broad SMARTS) is 1. The van der Waals surface area contributed by atoms with Crippen LogP contribution in [0.15, 0.2) is 30.3 Å². The van der Waals surface area contributed by atoms with Crippen molar-refractivity contribution in [2.45, 2.75) is 34.1 Å². The zero-order chi connectivity index (χ0) is 20.4. The van der Waals surface area contributed by atoms with Crippen LogP contribution in [-0.2, 0) is 16.0 Å². The molecule has 0 aliphatic heterocycles. The van der Waals surface area contributed by atoms with Crippen LogP contribution in [0.25, 0.3) is 0 Å². The SMILES string of the molecule is CCc1cc(C(=O)c2ccc(F)cc2)c(NC(=O)C(C(=O)O)C(C)(C)C)s1. The van der Waals surface area contributed by atoms with Crippen LogP contribution >= 0.6 is 11.3 Å². The van der Waals surface area contributed by atoms with Gasteiger partial charge in [0, 0.05) is 10.4 Å². The maximum Gasteiger partial charge on any atom is 0.316 e. The molecule has 1 aromatic heterocycles. The van der Waals surface area contributed by atoms with Crippen LogP contribution in [-0.4, -0.2) is 22.8 Å². The zero-order valence-electron chi connectivity index (χ0n) is 15.6. The predicted octanol–water partition coefficient (Wildman–Crippen LogP) is 4.37. The number of thiophene rings is 1. The van der Waals surface area contributed by atoms with E-state index in [0.717, 1.165) is 4.88 Å². The molecule has 1 atom stereocenters. The van der Waals surface area contributed by atoms with E-state index < -0.39 is 29.0 Å². The van der Waals surface area contributed by atoms with Crippen LogP contribution in [0.3, 0.4) is 0 Å².